The maximum absolute atomic E-state index is 9.45. The number of hydrogen-bond donors (Lipinski definition) is 2. The minimum atomic E-state index is -0.602. The summed E-state index contributed by atoms with van der Waals surface area (Å²) < 4.78 is 0. The van der Waals surface area contributed by atoms with E-state index in [9.17, 15) is 5.26 Å². The third kappa shape index (κ3) is 18.8. The van der Waals surface area contributed by atoms with E-state index in [1.54, 1.807) is 0 Å². The SMILES string of the molecule is C=C(C/C=C\C=C/C)NC(C)(C#N)CCNCc1ccccc1.CC.CC.CC. The molecule has 0 amide bonds. The number of nitrogens with one attached hydrogen (secondary N) is 2. The number of rotatable bonds is 10. The molecule has 1 unspecified atom stereocenters. The molecule has 164 valence electrons. The molecule has 1 rings (SSSR count). The van der Waals surface area contributed by atoms with E-state index in [0.29, 0.717) is 6.42 Å². The molecule has 1 aromatic rings. The van der Waals surface area contributed by atoms with Crippen LogP contribution < -0.4 is 10.6 Å². The molecular formula is C26H45N3. The van der Waals surface area contributed by atoms with Crippen LogP contribution in [0.15, 0.2) is 66.9 Å². The van der Waals surface area contributed by atoms with E-state index >= 15 is 0 Å². The van der Waals surface area contributed by atoms with Gasteiger partial charge in [0.25, 0.3) is 0 Å². The lowest BCUT2D eigenvalue weighted by molar-refractivity contribution is 0.439. The first kappa shape index (κ1) is 31.4. The van der Waals surface area contributed by atoms with E-state index in [2.05, 4.69) is 35.4 Å². The van der Waals surface area contributed by atoms with E-state index in [0.717, 1.165) is 25.2 Å². The third-order valence-corrected chi connectivity index (χ3v) is 3.48. The molecule has 1 aromatic carbocycles. The van der Waals surface area contributed by atoms with Gasteiger partial charge in [0.1, 0.15) is 5.54 Å². The molecule has 0 fully saturated rings. The highest BCUT2D eigenvalue weighted by Crippen LogP contribution is 2.11. The topological polar surface area (TPSA) is 47.9 Å². The van der Waals surface area contributed by atoms with Crippen molar-refractivity contribution in [2.75, 3.05) is 6.54 Å². The summed E-state index contributed by atoms with van der Waals surface area (Å²) >= 11 is 0. The first-order valence-corrected chi connectivity index (χ1v) is 11.0. The van der Waals surface area contributed by atoms with Crippen molar-refractivity contribution in [1.29, 1.82) is 5.26 Å². The van der Waals surface area contributed by atoms with Gasteiger partial charge in [-0.05, 0) is 32.4 Å². The number of nitriles is 1. The Morgan fingerprint density at radius 1 is 1.07 bits per heavy atom. The summed E-state index contributed by atoms with van der Waals surface area (Å²) in [6.45, 7) is 21.5. The summed E-state index contributed by atoms with van der Waals surface area (Å²) in [5.41, 5.74) is 1.50. The van der Waals surface area contributed by atoms with Gasteiger partial charge in [0.2, 0.25) is 0 Å². The van der Waals surface area contributed by atoms with Gasteiger partial charge in [0, 0.05) is 18.7 Å². The van der Waals surface area contributed by atoms with Gasteiger partial charge in [0.05, 0.1) is 6.07 Å². The highest BCUT2D eigenvalue weighted by molar-refractivity contribution is 5.15. The van der Waals surface area contributed by atoms with Gasteiger partial charge >= 0.3 is 0 Å². The van der Waals surface area contributed by atoms with Gasteiger partial charge in [-0.3, -0.25) is 0 Å². The summed E-state index contributed by atoms with van der Waals surface area (Å²) in [5.74, 6) is 0. The molecule has 0 aromatic heterocycles. The lowest BCUT2D eigenvalue weighted by Gasteiger charge is -2.25. The molecule has 29 heavy (non-hydrogen) atoms. The van der Waals surface area contributed by atoms with Crippen LogP contribution in [0.25, 0.3) is 0 Å². The van der Waals surface area contributed by atoms with Crippen molar-refractivity contribution in [1.82, 2.24) is 10.6 Å². The van der Waals surface area contributed by atoms with Crippen molar-refractivity contribution in [3.63, 3.8) is 0 Å². The predicted molar refractivity (Wildman–Crippen MR) is 132 cm³/mol. The number of allylic oxidation sites excluding steroid dienone is 4. The van der Waals surface area contributed by atoms with Crippen molar-refractivity contribution in [2.24, 2.45) is 0 Å². The monoisotopic (exact) mass is 399 g/mol. The fourth-order valence-electron chi connectivity index (χ4n) is 2.15. The average molecular weight is 400 g/mol. The summed E-state index contributed by atoms with van der Waals surface area (Å²) in [5, 5.41) is 16.1. The lowest BCUT2D eigenvalue weighted by atomic mass is 9.99. The summed E-state index contributed by atoms with van der Waals surface area (Å²) in [6, 6.07) is 12.6. The van der Waals surface area contributed by atoms with Crippen LogP contribution in [0.5, 0.6) is 0 Å². The summed E-state index contributed by atoms with van der Waals surface area (Å²) in [7, 11) is 0. The highest BCUT2D eigenvalue weighted by Gasteiger charge is 2.22. The minimum Gasteiger partial charge on any atom is -0.371 e. The molecule has 0 aliphatic carbocycles. The molecule has 0 saturated heterocycles. The fourth-order valence-corrected chi connectivity index (χ4v) is 2.15. The number of benzene rings is 1. The Labute approximate surface area is 181 Å². The van der Waals surface area contributed by atoms with Crippen molar-refractivity contribution in [3.8, 4) is 6.07 Å². The molecule has 0 heterocycles. The largest absolute Gasteiger partial charge is 0.371 e. The lowest BCUT2D eigenvalue weighted by Crippen LogP contribution is -2.42. The normalized spacial score (nSPS) is 11.6. The van der Waals surface area contributed by atoms with E-state index < -0.39 is 5.54 Å². The van der Waals surface area contributed by atoms with Gasteiger partial charge in [-0.15, -0.1) is 0 Å². The van der Waals surface area contributed by atoms with E-state index in [1.165, 1.54) is 5.56 Å². The Balaban J connectivity index is -0.00000103. The third-order valence-electron chi connectivity index (χ3n) is 3.48. The van der Waals surface area contributed by atoms with Gasteiger partial charge < -0.3 is 10.6 Å². The van der Waals surface area contributed by atoms with Crippen molar-refractivity contribution in [2.45, 2.75) is 80.3 Å². The van der Waals surface area contributed by atoms with Crippen LogP contribution in [-0.2, 0) is 6.54 Å². The molecule has 1 atom stereocenters. The second-order valence-corrected chi connectivity index (χ2v) is 5.74. The fraction of sp³-hybridized carbons (Fsp3) is 0.500. The van der Waals surface area contributed by atoms with Crippen LogP contribution in [-0.4, -0.2) is 12.1 Å². The van der Waals surface area contributed by atoms with E-state index in [-0.39, 0.29) is 0 Å². The first-order valence-electron chi connectivity index (χ1n) is 11.0. The Bertz CT molecular complexity index is 567. The Hall–Kier alpha value is -2.31. The molecule has 0 saturated carbocycles. The zero-order valence-electron chi connectivity index (χ0n) is 20.2. The first-order chi connectivity index (χ1) is 14.1. The summed E-state index contributed by atoms with van der Waals surface area (Å²) in [4.78, 5) is 0. The molecule has 0 spiro atoms. The van der Waals surface area contributed by atoms with Crippen molar-refractivity contribution >= 4 is 0 Å². The zero-order chi connectivity index (χ0) is 23.0. The van der Waals surface area contributed by atoms with Crippen molar-refractivity contribution in [3.05, 3.63) is 72.5 Å². The summed E-state index contributed by atoms with van der Waals surface area (Å²) in [6.07, 6.45) is 9.40. The number of nitrogens with zero attached hydrogens (tertiary/aromatic N) is 1. The molecule has 0 radical (unpaired) electrons. The van der Waals surface area contributed by atoms with Crippen molar-refractivity contribution < 1.29 is 0 Å². The second-order valence-electron chi connectivity index (χ2n) is 5.74. The Morgan fingerprint density at radius 3 is 2.17 bits per heavy atom. The van der Waals surface area contributed by atoms with Crippen LogP contribution >= 0.6 is 0 Å². The Morgan fingerprint density at radius 2 is 1.66 bits per heavy atom. The van der Waals surface area contributed by atoms with Gasteiger partial charge in [-0.1, -0.05) is 103 Å². The zero-order valence-corrected chi connectivity index (χ0v) is 20.2. The van der Waals surface area contributed by atoms with Crippen LogP contribution in [0.3, 0.4) is 0 Å². The smallest absolute Gasteiger partial charge is 0.123 e. The molecule has 0 aliphatic heterocycles. The second kappa shape index (κ2) is 23.7. The molecular weight excluding hydrogens is 354 g/mol. The van der Waals surface area contributed by atoms with Gasteiger partial charge in [0.15, 0.2) is 0 Å². The molecule has 2 N–H and O–H groups in total. The van der Waals surface area contributed by atoms with Crippen LogP contribution in [0.4, 0.5) is 0 Å². The molecule has 3 heteroatoms. The van der Waals surface area contributed by atoms with Gasteiger partial charge in [-0.2, -0.15) is 5.26 Å². The molecule has 0 aliphatic rings. The molecule has 3 nitrogen and oxygen atoms in total. The highest BCUT2D eigenvalue weighted by atomic mass is 15.0. The van der Waals surface area contributed by atoms with Crippen LogP contribution in [0, 0.1) is 11.3 Å². The maximum atomic E-state index is 9.45. The predicted octanol–water partition coefficient (Wildman–Crippen LogP) is 7.15. The quantitative estimate of drug-likeness (QED) is 0.324. The van der Waals surface area contributed by atoms with E-state index in [4.69, 9.17) is 0 Å². The average Bonchev–Trinajstić information content (AvgIpc) is 2.79. The van der Waals surface area contributed by atoms with Crippen LogP contribution in [0.2, 0.25) is 0 Å². The minimum absolute atomic E-state index is 0.602. The maximum Gasteiger partial charge on any atom is 0.123 e. The van der Waals surface area contributed by atoms with E-state index in [1.807, 2.05) is 97.9 Å². The standard InChI is InChI=1S/C20H27N3.3C2H6/c1-4-5-6-8-11-18(2)23-20(3,17-21)14-15-22-16-19-12-9-7-10-13-19;3*1-2/h4-10,12-13,22-23H,2,11,14-16H2,1,3H3;3*1-2H3/b5-4-,8-6-;;;. The van der Waals surface area contributed by atoms with Crippen LogP contribution in [0.1, 0.15) is 73.8 Å². The molecule has 0 bridgehead atoms. The van der Waals surface area contributed by atoms with Gasteiger partial charge in [-0.25, -0.2) is 0 Å². The Kier molecular flexibility index (Phi) is 25.7. The number of hydrogen-bond acceptors (Lipinski definition) is 3.